The van der Waals surface area contributed by atoms with Crippen molar-refractivity contribution in [1.29, 1.82) is 0 Å². The normalized spacial score (nSPS) is 13.1. The minimum Gasteiger partial charge on any atom is -0.325 e. The van der Waals surface area contributed by atoms with Crippen molar-refractivity contribution in [2.24, 2.45) is 5.73 Å². The van der Waals surface area contributed by atoms with Crippen molar-refractivity contribution in [3.8, 4) is 0 Å². The number of hydrogen-bond acceptors (Lipinski definition) is 3. The van der Waals surface area contributed by atoms with Crippen molar-refractivity contribution in [3.05, 3.63) is 58.9 Å². The van der Waals surface area contributed by atoms with Gasteiger partial charge >= 0.3 is 0 Å². The zero-order chi connectivity index (χ0) is 13.9. The van der Waals surface area contributed by atoms with Gasteiger partial charge in [0.25, 0.3) is 5.91 Å². The van der Waals surface area contributed by atoms with Gasteiger partial charge in [0.05, 0.1) is 5.69 Å². The van der Waals surface area contributed by atoms with Crippen LogP contribution in [0.1, 0.15) is 33.6 Å². The number of aryl methyl sites for hydroxylation is 2. The molecular formula is C16H17N3O. The van der Waals surface area contributed by atoms with Crippen molar-refractivity contribution in [1.82, 2.24) is 4.98 Å². The maximum absolute atomic E-state index is 12.2. The van der Waals surface area contributed by atoms with Gasteiger partial charge in [0.15, 0.2) is 0 Å². The molecule has 0 unspecified atom stereocenters. The predicted molar refractivity (Wildman–Crippen MR) is 78.5 cm³/mol. The molecule has 1 aromatic heterocycles. The topological polar surface area (TPSA) is 68.0 Å². The maximum atomic E-state index is 12.2. The van der Waals surface area contributed by atoms with Crippen LogP contribution in [0.2, 0.25) is 0 Å². The Hall–Kier alpha value is -2.20. The molecule has 2 aromatic rings. The number of aromatic nitrogens is 1. The molecule has 0 aliphatic heterocycles. The van der Waals surface area contributed by atoms with Crippen LogP contribution in [-0.4, -0.2) is 10.9 Å². The molecule has 102 valence electrons. The first-order valence-electron chi connectivity index (χ1n) is 6.84. The number of nitrogens with zero attached hydrogens (tertiary/aromatic N) is 1. The first-order valence-corrected chi connectivity index (χ1v) is 6.84. The molecule has 1 heterocycles. The number of anilines is 1. The summed E-state index contributed by atoms with van der Waals surface area (Å²) in [5.74, 6) is -0.125. The van der Waals surface area contributed by atoms with E-state index in [1.165, 1.54) is 17.5 Å². The van der Waals surface area contributed by atoms with E-state index in [0.717, 1.165) is 18.5 Å². The number of carbonyl (C=O) groups excluding carboxylic acids is 1. The van der Waals surface area contributed by atoms with Crippen LogP contribution in [-0.2, 0) is 19.4 Å². The number of nitrogens with two attached hydrogens (primary N) is 1. The lowest BCUT2D eigenvalue weighted by molar-refractivity contribution is 0.102. The fraction of sp³-hybridized carbons (Fsp3) is 0.250. The van der Waals surface area contributed by atoms with Crippen molar-refractivity contribution in [3.63, 3.8) is 0 Å². The third kappa shape index (κ3) is 2.56. The molecule has 1 amide bonds. The molecule has 0 saturated carbocycles. The number of amides is 1. The molecule has 20 heavy (non-hydrogen) atoms. The van der Waals surface area contributed by atoms with Crippen LogP contribution >= 0.6 is 0 Å². The van der Waals surface area contributed by atoms with Gasteiger partial charge in [-0.3, -0.25) is 9.78 Å². The quantitative estimate of drug-likeness (QED) is 0.896. The van der Waals surface area contributed by atoms with E-state index < -0.39 is 0 Å². The number of hydrogen-bond donors (Lipinski definition) is 2. The highest BCUT2D eigenvalue weighted by molar-refractivity contribution is 6.04. The fourth-order valence-corrected chi connectivity index (χ4v) is 2.58. The largest absolute Gasteiger partial charge is 0.325 e. The Labute approximate surface area is 118 Å². The monoisotopic (exact) mass is 267 g/mol. The summed E-state index contributed by atoms with van der Waals surface area (Å²) in [6.07, 6.45) is 5.07. The van der Waals surface area contributed by atoms with Crippen molar-refractivity contribution >= 4 is 11.6 Å². The Balaban J connectivity index is 1.78. The second-order valence-corrected chi connectivity index (χ2v) is 5.03. The van der Waals surface area contributed by atoms with Crippen LogP contribution in [0.25, 0.3) is 0 Å². The summed E-state index contributed by atoms with van der Waals surface area (Å²) in [5.41, 5.74) is 10.4. The van der Waals surface area contributed by atoms with Gasteiger partial charge in [-0.25, -0.2) is 0 Å². The molecule has 1 aromatic carbocycles. The van der Waals surface area contributed by atoms with Gasteiger partial charge in [0, 0.05) is 24.0 Å². The lowest BCUT2D eigenvalue weighted by atomic mass is 10.1. The summed E-state index contributed by atoms with van der Waals surface area (Å²) in [6, 6.07) is 9.57. The van der Waals surface area contributed by atoms with Crippen molar-refractivity contribution in [2.45, 2.75) is 25.8 Å². The number of nitrogens with one attached hydrogen (secondary N) is 1. The fourth-order valence-electron chi connectivity index (χ4n) is 2.58. The van der Waals surface area contributed by atoms with Crippen LogP contribution in [0.4, 0.5) is 5.69 Å². The van der Waals surface area contributed by atoms with Crippen molar-refractivity contribution in [2.75, 3.05) is 5.32 Å². The summed E-state index contributed by atoms with van der Waals surface area (Å²) in [7, 11) is 0. The van der Waals surface area contributed by atoms with E-state index >= 15 is 0 Å². The van der Waals surface area contributed by atoms with Crippen LogP contribution in [0, 0.1) is 0 Å². The van der Waals surface area contributed by atoms with E-state index in [4.69, 9.17) is 5.73 Å². The Bertz CT molecular complexity index is 652. The molecule has 0 atom stereocenters. The molecule has 1 aliphatic rings. The van der Waals surface area contributed by atoms with Crippen molar-refractivity contribution < 1.29 is 4.79 Å². The smallest absolute Gasteiger partial charge is 0.255 e. The molecule has 0 fully saturated rings. The number of rotatable bonds is 3. The highest BCUT2D eigenvalue weighted by Crippen LogP contribution is 2.25. The first-order chi connectivity index (χ1) is 9.76. The molecule has 4 heteroatoms. The number of pyridine rings is 1. The average Bonchev–Trinajstić information content (AvgIpc) is 2.95. The van der Waals surface area contributed by atoms with Gasteiger partial charge < -0.3 is 11.1 Å². The lowest BCUT2D eigenvalue weighted by Crippen LogP contribution is -2.13. The summed E-state index contributed by atoms with van der Waals surface area (Å²) >= 11 is 0. The molecular weight excluding hydrogens is 250 g/mol. The third-order valence-electron chi connectivity index (χ3n) is 3.64. The molecule has 0 radical (unpaired) electrons. The van der Waals surface area contributed by atoms with Crippen LogP contribution in [0.5, 0.6) is 0 Å². The van der Waals surface area contributed by atoms with Crippen LogP contribution in [0.3, 0.4) is 0 Å². The zero-order valence-electron chi connectivity index (χ0n) is 11.2. The predicted octanol–water partition coefficient (Wildman–Crippen LogP) is 2.28. The van der Waals surface area contributed by atoms with E-state index in [2.05, 4.69) is 22.4 Å². The highest BCUT2D eigenvalue weighted by atomic mass is 16.1. The summed E-state index contributed by atoms with van der Waals surface area (Å²) < 4.78 is 0. The van der Waals surface area contributed by atoms with Gasteiger partial charge in [-0.15, -0.1) is 0 Å². The summed E-state index contributed by atoms with van der Waals surface area (Å²) in [4.78, 5) is 16.3. The molecule has 4 nitrogen and oxygen atoms in total. The minimum absolute atomic E-state index is 0.125. The van der Waals surface area contributed by atoms with E-state index in [-0.39, 0.29) is 5.91 Å². The number of benzene rings is 1. The molecule has 0 saturated heterocycles. The van der Waals surface area contributed by atoms with E-state index in [1.54, 1.807) is 18.3 Å². The van der Waals surface area contributed by atoms with Gasteiger partial charge in [-0.05, 0) is 54.7 Å². The van der Waals surface area contributed by atoms with E-state index in [0.29, 0.717) is 17.8 Å². The highest BCUT2D eigenvalue weighted by Gasteiger charge is 2.12. The molecule has 0 bridgehead atoms. The van der Waals surface area contributed by atoms with Gasteiger partial charge in [0.2, 0.25) is 0 Å². The number of carbonyl (C=O) groups is 1. The Morgan fingerprint density at radius 1 is 1.20 bits per heavy atom. The standard InChI is InChI=1S/C16H17N3O/c17-10-15-9-13(6-7-18-15)16(20)19-14-5-4-11-2-1-3-12(11)8-14/h4-9H,1-3,10,17H2,(H,19,20). The average molecular weight is 267 g/mol. The van der Waals surface area contributed by atoms with Crippen LogP contribution in [0.15, 0.2) is 36.5 Å². The third-order valence-corrected chi connectivity index (χ3v) is 3.64. The molecule has 1 aliphatic carbocycles. The second kappa shape index (κ2) is 5.43. The van der Waals surface area contributed by atoms with E-state index in [9.17, 15) is 4.79 Å². The molecule has 3 rings (SSSR count). The SMILES string of the molecule is NCc1cc(C(=O)Nc2ccc3c(c2)CCC3)ccn1. The zero-order valence-corrected chi connectivity index (χ0v) is 11.2. The maximum Gasteiger partial charge on any atom is 0.255 e. The van der Waals surface area contributed by atoms with Crippen LogP contribution < -0.4 is 11.1 Å². The summed E-state index contributed by atoms with van der Waals surface area (Å²) in [5, 5.41) is 2.93. The van der Waals surface area contributed by atoms with Gasteiger partial charge in [-0.2, -0.15) is 0 Å². The number of fused-ring (bicyclic) bond motifs is 1. The molecule has 0 spiro atoms. The lowest BCUT2D eigenvalue weighted by Gasteiger charge is -2.08. The Kier molecular flexibility index (Phi) is 3.48. The minimum atomic E-state index is -0.125. The Morgan fingerprint density at radius 2 is 2.05 bits per heavy atom. The van der Waals surface area contributed by atoms with Gasteiger partial charge in [0.1, 0.15) is 0 Å². The first kappa shape index (κ1) is 12.8. The molecule has 3 N–H and O–H groups in total. The second-order valence-electron chi connectivity index (χ2n) is 5.03. The van der Waals surface area contributed by atoms with E-state index in [1.807, 2.05) is 6.07 Å². The summed E-state index contributed by atoms with van der Waals surface area (Å²) in [6.45, 7) is 0.333. The van der Waals surface area contributed by atoms with Gasteiger partial charge in [-0.1, -0.05) is 6.07 Å². The Morgan fingerprint density at radius 3 is 2.90 bits per heavy atom.